The van der Waals surface area contributed by atoms with Gasteiger partial charge < -0.3 is 0 Å². The molecule has 0 atom stereocenters. The quantitative estimate of drug-likeness (QED) is 0.334. The third-order valence-electron chi connectivity index (χ3n) is 2.38. The van der Waals surface area contributed by atoms with E-state index in [1.165, 1.54) is 0 Å². The average Bonchev–Trinajstić information content (AvgIpc) is 2.28. The van der Waals surface area contributed by atoms with Gasteiger partial charge >= 0.3 is 0 Å². The van der Waals surface area contributed by atoms with Crippen molar-refractivity contribution in [2.24, 2.45) is 5.11 Å². The van der Waals surface area contributed by atoms with Crippen LogP contribution in [-0.4, -0.2) is 4.98 Å². The van der Waals surface area contributed by atoms with Crippen LogP contribution >= 0.6 is 11.6 Å². The van der Waals surface area contributed by atoms with Crippen molar-refractivity contribution in [3.8, 4) is 0 Å². The molecule has 0 spiro atoms. The molecule has 0 amide bonds. The summed E-state index contributed by atoms with van der Waals surface area (Å²) in [6, 6.07) is 7.82. The van der Waals surface area contributed by atoms with Gasteiger partial charge in [0.05, 0.1) is 12.1 Å². The van der Waals surface area contributed by atoms with E-state index in [1.807, 2.05) is 31.2 Å². The van der Waals surface area contributed by atoms with Gasteiger partial charge in [0.25, 0.3) is 0 Å². The largest absolute Gasteiger partial charge is 0.236 e. The molecule has 0 aliphatic rings. The second-order valence-corrected chi connectivity index (χ2v) is 3.83. The fourth-order valence-electron chi connectivity index (χ4n) is 1.59. The van der Waals surface area contributed by atoms with E-state index in [4.69, 9.17) is 17.1 Å². The maximum Gasteiger partial charge on any atom is 0.133 e. The number of para-hydroxylation sites is 1. The normalized spacial score (nSPS) is 10.1. The summed E-state index contributed by atoms with van der Waals surface area (Å²) in [6.45, 7) is 2.21. The Morgan fingerprint density at radius 1 is 1.50 bits per heavy atom. The minimum Gasteiger partial charge on any atom is -0.236 e. The molecule has 0 bridgehead atoms. The maximum absolute atomic E-state index is 8.27. The number of fused-ring (bicyclic) bond motifs is 1. The molecule has 5 heteroatoms. The topological polar surface area (TPSA) is 61.7 Å². The summed E-state index contributed by atoms with van der Waals surface area (Å²) in [5.41, 5.74) is 11.0. The second kappa shape index (κ2) is 4.39. The van der Waals surface area contributed by atoms with Gasteiger partial charge in [-0.2, -0.15) is 0 Å². The zero-order chi connectivity index (χ0) is 11.5. The van der Waals surface area contributed by atoms with Crippen LogP contribution in [0.4, 0.5) is 0 Å². The van der Waals surface area contributed by atoms with E-state index in [0.29, 0.717) is 5.15 Å². The molecule has 1 heterocycles. The number of pyridine rings is 1. The highest BCUT2D eigenvalue weighted by Crippen LogP contribution is 2.23. The molecule has 2 rings (SSSR count). The third-order valence-corrected chi connectivity index (χ3v) is 2.71. The summed E-state index contributed by atoms with van der Waals surface area (Å²) < 4.78 is 0. The van der Waals surface area contributed by atoms with E-state index in [-0.39, 0.29) is 6.54 Å². The van der Waals surface area contributed by atoms with Gasteiger partial charge in [-0.25, -0.2) is 4.98 Å². The van der Waals surface area contributed by atoms with E-state index in [2.05, 4.69) is 15.0 Å². The van der Waals surface area contributed by atoms with Crippen LogP contribution in [0.3, 0.4) is 0 Å². The minimum absolute atomic E-state index is 0.228. The first-order valence-electron chi connectivity index (χ1n) is 4.78. The zero-order valence-electron chi connectivity index (χ0n) is 8.68. The summed E-state index contributed by atoms with van der Waals surface area (Å²) in [6.07, 6.45) is 0. The molecule has 0 unspecified atom stereocenters. The van der Waals surface area contributed by atoms with Gasteiger partial charge in [0.2, 0.25) is 0 Å². The average molecular weight is 233 g/mol. The van der Waals surface area contributed by atoms with Crippen molar-refractivity contribution in [1.82, 2.24) is 4.98 Å². The molecule has 2 aromatic rings. The van der Waals surface area contributed by atoms with Crippen molar-refractivity contribution in [3.05, 3.63) is 51.0 Å². The fourth-order valence-corrected chi connectivity index (χ4v) is 1.79. The Labute approximate surface area is 97.5 Å². The Hall–Kier alpha value is -1.77. The lowest BCUT2D eigenvalue weighted by Gasteiger charge is -2.05. The molecule has 1 aromatic heterocycles. The first kappa shape index (κ1) is 10.7. The molecule has 0 N–H and O–H groups in total. The number of hydrogen-bond donors (Lipinski definition) is 0. The molecule has 0 fully saturated rings. The number of rotatable bonds is 2. The molecule has 80 valence electrons. The summed E-state index contributed by atoms with van der Waals surface area (Å²) in [4.78, 5) is 7.02. The van der Waals surface area contributed by atoms with E-state index in [9.17, 15) is 0 Å². The SMILES string of the molecule is Cc1cccc2cc(CN=[N+]=[N-])c(Cl)nc12. The van der Waals surface area contributed by atoms with E-state index >= 15 is 0 Å². The van der Waals surface area contributed by atoms with Crippen LogP contribution in [0.25, 0.3) is 21.3 Å². The lowest BCUT2D eigenvalue weighted by Crippen LogP contribution is -1.90. The third kappa shape index (κ3) is 1.94. The van der Waals surface area contributed by atoms with Gasteiger partial charge in [0.1, 0.15) is 5.15 Å². The Bertz CT molecular complexity index is 588. The molecule has 0 saturated heterocycles. The summed E-state index contributed by atoms with van der Waals surface area (Å²) in [7, 11) is 0. The lowest BCUT2D eigenvalue weighted by atomic mass is 10.1. The van der Waals surface area contributed by atoms with Crippen molar-refractivity contribution in [3.63, 3.8) is 0 Å². The van der Waals surface area contributed by atoms with E-state index < -0.39 is 0 Å². The van der Waals surface area contributed by atoms with Crippen LogP contribution < -0.4 is 0 Å². The van der Waals surface area contributed by atoms with Gasteiger partial charge in [-0.15, -0.1) is 0 Å². The first-order chi connectivity index (χ1) is 7.72. The Balaban J connectivity index is 2.62. The van der Waals surface area contributed by atoms with Gasteiger partial charge in [0, 0.05) is 10.3 Å². The monoisotopic (exact) mass is 232 g/mol. The predicted octanol–water partition coefficient (Wildman–Crippen LogP) is 4.01. The highest BCUT2D eigenvalue weighted by molar-refractivity contribution is 6.30. The molecule has 1 aromatic carbocycles. The maximum atomic E-state index is 8.27. The summed E-state index contributed by atoms with van der Waals surface area (Å²) >= 11 is 6.02. The number of halogens is 1. The molecular formula is C11H9ClN4. The summed E-state index contributed by atoms with van der Waals surface area (Å²) in [5.74, 6) is 0. The van der Waals surface area contributed by atoms with Gasteiger partial charge in [0.15, 0.2) is 0 Å². The predicted molar refractivity (Wildman–Crippen MR) is 64.3 cm³/mol. The van der Waals surface area contributed by atoms with Crippen molar-refractivity contribution in [2.45, 2.75) is 13.5 Å². The minimum atomic E-state index is 0.228. The number of hydrogen-bond acceptors (Lipinski definition) is 2. The Morgan fingerprint density at radius 3 is 3.06 bits per heavy atom. The van der Waals surface area contributed by atoms with Crippen molar-refractivity contribution >= 4 is 22.5 Å². The molecular weight excluding hydrogens is 224 g/mol. The highest BCUT2D eigenvalue weighted by Gasteiger charge is 2.05. The molecule has 4 nitrogen and oxygen atoms in total. The van der Waals surface area contributed by atoms with Gasteiger partial charge in [-0.05, 0) is 29.6 Å². The number of benzene rings is 1. The highest BCUT2D eigenvalue weighted by atomic mass is 35.5. The lowest BCUT2D eigenvalue weighted by molar-refractivity contribution is 1.04. The van der Waals surface area contributed by atoms with Crippen LogP contribution in [0.2, 0.25) is 5.15 Å². The van der Waals surface area contributed by atoms with Gasteiger partial charge in [-0.1, -0.05) is 34.9 Å². The molecule has 0 aliphatic carbocycles. The Morgan fingerprint density at radius 2 is 2.31 bits per heavy atom. The summed E-state index contributed by atoms with van der Waals surface area (Å²) in [5, 5.41) is 4.89. The Kier molecular flexibility index (Phi) is 2.95. The van der Waals surface area contributed by atoms with E-state index in [1.54, 1.807) is 0 Å². The van der Waals surface area contributed by atoms with Crippen molar-refractivity contribution in [2.75, 3.05) is 0 Å². The standard InChI is InChI=1S/C11H9ClN4/c1-7-3-2-4-8-5-9(6-14-16-13)11(12)15-10(7)8/h2-5H,6H2,1H3. The zero-order valence-corrected chi connectivity index (χ0v) is 9.44. The van der Waals surface area contributed by atoms with Crippen LogP contribution in [0, 0.1) is 6.92 Å². The van der Waals surface area contributed by atoms with Crippen molar-refractivity contribution in [1.29, 1.82) is 0 Å². The molecule has 0 radical (unpaired) electrons. The molecule has 16 heavy (non-hydrogen) atoms. The van der Waals surface area contributed by atoms with E-state index in [0.717, 1.165) is 22.0 Å². The van der Waals surface area contributed by atoms with Crippen molar-refractivity contribution < 1.29 is 0 Å². The number of nitrogens with zero attached hydrogens (tertiary/aromatic N) is 4. The number of azide groups is 1. The smallest absolute Gasteiger partial charge is 0.133 e. The molecule has 0 aliphatic heterocycles. The van der Waals surface area contributed by atoms with Gasteiger partial charge in [-0.3, -0.25) is 0 Å². The van der Waals surface area contributed by atoms with Crippen LogP contribution in [0.5, 0.6) is 0 Å². The first-order valence-corrected chi connectivity index (χ1v) is 5.16. The van der Waals surface area contributed by atoms with Crippen LogP contribution in [0.1, 0.15) is 11.1 Å². The number of aryl methyl sites for hydroxylation is 1. The second-order valence-electron chi connectivity index (χ2n) is 3.47. The van der Waals surface area contributed by atoms with Crippen LogP contribution in [0.15, 0.2) is 29.4 Å². The molecule has 0 saturated carbocycles. The fraction of sp³-hybridized carbons (Fsp3) is 0.182. The number of aromatic nitrogens is 1. The van der Waals surface area contributed by atoms with Crippen LogP contribution in [-0.2, 0) is 6.54 Å².